The molecular weight excluding hydrogens is 206 g/mol. The van der Waals surface area contributed by atoms with Crippen molar-refractivity contribution >= 4 is 11.7 Å². The van der Waals surface area contributed by atoms with Crippen LogP contribution in [-0.2, 0) is 16.0 Å². The lowest BCUT2D eigenvalue weighted by Crippen LogP contribution is -2.09. The first-order valence-corrected chi connectivity index (χ1v) is 5.26. The molecule has 2 N–H and O–H groups in total. The maximum Gasteiger partial charge on any atom is 0.305 e. The number of carboxylic acid groups (broad SMARTS) is 1. The first-order chi connectivity index (χ1) is 7.74. The van der Waals surface area contributed by atoms with Gasteiger partial charge in [-0.3, -0.25) is 4.79 Å². The number of benzene rings is 1. The van der Waals surface area contributed by atoms with Crippen molar-refractivity contribution in [1.29, 1.82) is 0 Å². The van der Waals surface area contributed by atoms with Crippen molar-refractivity contribution in [3.63, 3.8) is 0 Å². The van der Waals surface area contributed by atoms with Crippen LogP contribution in [0.2, 0.25) is 0 Å². The van der Waals surface area contributed by atoms with Gasteiger partial charge in [0.15, 0.2) is 0 Å². The lowest BCUT2D eigenvalue weighted by atomic mass is 10.1. The maximum atomic E-state index is 10.4. The summed E-state index contributed by atoms with van der Waals surface area (Å²) in [6.45, 7) is 1.11. The molecule has 4 heteroatoms. The van der Waals surface area contributed by atoms with Crippen LogP contribution in [0.1, 0.15) is 12.0 Å². The molecule has 0 spiro atoms. The molecule has 16 heavy (non-hydrogen) atoms. The number of carbonyl (C=O) groups is 1. The standard InChI is InChI=1S/C12H17NO3/c1-16-9-7-10-4-2-3-5-11(10)13-8-6-12(14)15/h2-5,13H,6-9H2,1H3,(H,14,15). The molecule has 0 saturated carbocycles. The second kappa shape index (κ2) is 6.85. The molecule has 88 valence electrons. The second-order valence-electron chi connectivity index (χ2n) is 3.47. The zero-order chi connectivity index (χ0) is 11.8. The molecule has 4 nitrogen and oxygen atoms in total. The number of rotatable bonds is 7. The second-order valence-corrected chi connectivity index (χ2v) is 3.47. The van der Waals surface area contributed by atoms with Crippen molar-refractivity contribution in [3.8, 4) is 0 Å². The maximum absolute atomic E-state index is 10.4. The Balaban J connectivity index is 2.52. The van der Waals surface area contributed by atoms with Crippen LogP contribution in [0.25, 0.3) is 0 Å². The van der Waals surface area contributed by atoms with Crippen molar-refractivity contribution in [2.75, 3.05) is 25.6 Å². The summed E-state index contributed by atoms with van der Waals surface area (Å²) >= 11 is 0. The van der Waals surface area contributed by atoms with Crippen LogP contribution in [-0.4, -0.2) is 31.3 Å². The minimum atomic E-state index is -0.790. The minimum absolute atomic E-state index is 0.124. The molecule has 0 aliphatic carbocycles. The van der Waals surface area contributed by atoms with Gasteiger partial charge in [0.2, 0.25) is 0 Å². The van der Waals surface area contributed by atoms with E-state index in [0.29, 0.717) is 13.2 Å². The van der Waals surface area contributed by atoms with Crippen LogP contribution >= 0.6 is 0 Å². The highest BCUT2D eigenvalue weighted by atomic mass is 16.5. The fraction of sp³-hybridized carbons (Fsp3) is 0.417. The Morgan fingerprint density at radius 3 is 2.88 bits per heavy atom. The Kier molecular flexibility index (Phi) is 5.36. The number of anilines is 1. The molecule has 0 radical (unpaired) electrons. The highest BCUT2D eigenvalue weighted by Crippen LogP contribution is 2.15. The van der Waals surface area contributed by atoms with Crippen LogP contribution in [0, 0.1) is 0 Å². The molecule has 0 aliphatic heterocycles. The Bertz CT molecular complexity index is 339. The Morgan fingerprint density at radius 2 is 2.19 bits per heavy atom. The lowest BCUT2D eigenvalue weighted by Gasteiger charge is -2.10. The van der Waals surface area contributed by atoms with Gasteiger partial charge in [0.1, 0.15) is 0 Å². The van der Waals surface area contributed by atoms with Crippen LogP contribution in [0.4, 0.5) is 5.69 Å². The van der Waals surface area contributed by atoms with Gasteiger partial charge in [0.05, 0.1) is 13.0 Å². The van der Waals surface area contributed by atoms with Gasteiger partial charge < -0.3 is 15.2 Å². The van der Waals surface area contributed by atoms with Crippen molar-refractivity contribution < 1.29 is 14.6 Å². The predicted molar refractivity (Wildman–Crippen MR) is 62.8 cm³/mol. The Labute approximate surface area is 95.2 Å². The Hall–Kier alpha value is -1.55. The summed E-state index contributed by atoms with van der Waals surface area (Å²) in [6.07, 6.45) is 0.950. The molecule has 0 aliphatic rings. The first-order valence-electron chi connectivity index (χ1n) is 5.26. The van der Waals surface area contributed by atoms with Gasteiger partial charge in [0.25, 0.3) is 0 Å². The molecule has 0 fully saturated rings. The van der Waals surface area contributed by atoms with Gasteiger partial charge in [-0.1, -0.05) is 18.2 Å². The predicted octanol–water partition coefficient (Wildman–Crippen LogP) is 1.76. The average Bonchev–Trinajstić information content (AvgIpc) is 2.27. The molecule has 0 amide bonds. The van der Waals surface area contributed by atoms with E-state index < -0.39 is 5.97 Å². The monoisotopic (exact) mass is 223 g/mol. The molecule has 0 aromatic heterocycles. The van der Waals surface area contributed by atoms with E-state index >= 15 is 0 Å². The summed E-state index contributed by atoms with van der Waals surface area (Å²) in [7, 11) is 1.67. The summed E-state index contributed by atoms with van der Waals surface area (Å²) in [5.41, 5.74) is 2.13. The van der Waals surface area contributed by atoms with E-state index in [1.54, 1.807) is 7.11 Å². The summed E-state index contributed by atoms with van der Waals surface area (Å²) in [6, 6.07) is 7.86. The third-order valence-electron chi connectivity index (χ3n) is 2.25. The highest BCUT2D eigenvalue weighted by molar-refractivity contribution is 5.67. The third kappa shape index (κ3) is 4.31. The number of methoxy groups -OCH3 is 1. The van der Waals surface area contributed by atoms with E-state index in [1.807, 2.05) is 24.3 Å². The smallest absolute Gasteiger partial charge is 0.305 e. The Morgan fingerprint density at radius 1 is 1.44 bits per heavy atom. The van der Waals surface area contributed by atoms with E-state index in [0.717, 1.165) is 17.7 Å². The minimum Gasteiger partial charge on any atom is -0.481 e. The zero-order valence-electron chi connectivity index (χ0n) is 9.40. The van der Waals surface area contributed by atoms with Crippen molar-refractivity contribution in [2.45, 2.75) is 12.8 Å². The van der Waals surface area contributed by atoms with Gasteiger partial charge in [-0.2, -0.15) is 0 Å². The van der Waals surface area contributed by atoms with Crippen molar-refractivity contribution in [3.05, 3.63) is 29.8 Å². The fourth-order valence-electron chi connectivity index (χ4n) is 1.43. The van der Waals surface area contributed by atoms with Gasteiger partial charge in [-0.15, -0.1) is 0 Å². The molecular formula is C12H17NO3. The number of para-hydroxylation sites is 1. The van der Waals surface area contributed by atoms with Crippen LogP contribution in [0.15, 0.2) is 24.3 Å². The quantitative estimate of drug-likeness (QED) is 0.739. The summed E-state index contributed by atoms with van der Waals surface area (Å²) in [5, 5.41) is 11.7. The SMILES string of the molecule is COCCc1ccccc1NCCC(=O)O. The average molecular weight is 223 g/mol. The van der Waals surface area contributed by atoms with E-state index in [4.69, 9.17) is 9.84 Å². The third-order valence-corrected chi connectivity index (χ3v) is 2.25. The molecule has 0 heterocycles. The van der Waals surface area contributed by atoms with Crippen molar-refractivity contribution in [2.24, 2.45) is 0 Å². The van der Waals surface area contributed by atoms with Gasteiger partial charge in [0, 0.05) is 19.3 Å². The van der Waals surface area contributed by atoms with Crippen molar-refractivity contribution in [1.82, 2.24) is 0 Å². The lowest BCUT2D eigenvalue weighted by molar-refractivity contribution is -0.136. The molecule has 1 aromatic rings. The van der Waals surface area contributed by atoms with Crippen LogP contribution in [0.3, 0.4) is 0 Å². The van der Waals surface area contributed by atoms with E-state index in [-0.39, 0.29) is 6.42 Å². The number of hydrogen-bond donors (Lipinski definition) is 2. The van der Waals surface area contributed by atoms with Gasteiger partial charge in [-0.25, -0.2) is 0 Å². The van der Waals surface area contributed by atoms with Gasteiger partial charge >= 0.3 is 5.97 Å². The number of aliphatic carboxylic acids is 1. The topological polar surface area (TPSA) is 58.6 Å². The molecule has 0 unspecified atom stereocenters. The zero-order valence-corrected chi connectivity index (χ0v) is 9.40. The normalized spacial score (nSPS) is 10.1. The first kappa shape index (κ1) is 12.5. The van der Waals surface area contributed by atoms with E-state index in [1.165, 1.54) is 0 Å². The molecule has 1 aromatic carbocycles. The van der Waals surface area contributed by atoms with Gasteiger partial charge in [-0.05, 0) is 18.1 Å². The summed E-state index contributed by atoms with van der Waals surface area (Å²) in [5.74, 6) is -0.790. The molecule has 1 rings (SSSR count). The van der Waals surface area contributed by atoms with Crippen LogP contribution < -0.4 is 5.32 Å². The summed E-state index contributed by atoms with van der Waals surface area (Å²) in [4.78, 5) is 10.4. The number of nitrogens with one attached hydrogen (secondary N) is 1. The fourth-order valence-corrected chi connectivity index (χ4v) is 1.43. The number of hydrogen-bond acceptors (Lipinski definition) is 3. The largest absolute Gasteiger partial charge is 0.481 e. The number of carboxylic acids is 1. The van der Waals surface area contributed by atoms with E-state index in [2.05, 4.69) is 5.32 Å². The molecule has 0 atom stereocenters. The summed E-state index contributed by atoms with van der Waals surface area (Å²) < 4.78 is 5.02. The molecule has 0 saturated heterocycles. The number of ether oxygens (including phenoxy) is 1. The van der Waals surface area contributed by atoms with E-state index in [9.17, 15) is 4.79 Å². The highest BCUT2D eigenvalue weighted by Gasteiger charge is 2.02. The molecule has 0 bridgehead atoms. The van der Waals surface area contributed by atoms with Crippen LogP contribution in [0.5, 0.6) is 0 Å².